The van der Waals surface area contributed by atoms with Crippen LogP contribution in [0.15, 0.2) is 0 Å². The molecule has 90 valence electrons. The quantitative estimate of drug-likeness (QED) is 0.722. The molecule has 0 aliphatic carbocycles. The maximum atomic E-state index is 10.7. The Morgan fingerprint density at radius 3 is 1.07 bits per heavy atom. The maximum Gasteiger partial charge on any atom is 0.189 e. The Kier molecular flexibility index (Phi) is 9.80. The van der Waals surface area contributed by atoms with Crippen molar-refractivity contribution in [3.05, 3.63) is 0 Å². The van der Waals surface area contributed by atoms with Crippen LogP contribution in [0.5, 0.6) is 0 Å². The molecule has 0 spiro atoms. The number of hydrogen-bond donors (Lipinski definition) is 1. The molecule has 3 heteroatoms. The molecule has 0 rings (SSSR count). The van der Waals surface area contributed by atoms with Gasteiger partial charge in [0, 0.05) is 21.7 Å². The zero-order valence-electron chi connectivity index (χ0n) is 11.3. The van der Waals surface area contributed by atoms with Crippen LogP contribution in [-0.2, 0) is 21.7 Å². The van der Waals surface area contributed by atoms with Gasteiger partial charge >= 0.3 is 0 Å². The van der Waals surface area contributed by atoms with Gasteiger partial charge in [0.05, 0.1) is 0 Å². The second-order valence-electron chi connectivity index (χ2n) is 6.02. The van der Waals surface area contributed by atoms with Gasteiger partial charge in [-0.2, -0.15) is 0 Å². The molecule has 0 aliphatic rings. The zero-order chi connectivity index (χ0) is 11.4. The van der Waals surface area contributed by atoms with Gasteiger partial charge in [0.15, 0.2) is 8.32 Å². The SMILES string of the molecule is CC(C)C[Si](O)(CC(C)C)CC(C)C.[Ti]. The molecule has 1 N–H and O–H groups in total. The van der Waals surface area contributed by atoms with E-state index < -0.39 is 8.32 Å². The van der Waals surface area contributed by atoms with Gasteiger partial charge in [-0.05, 0) is 35.9 Å². The van der Waals surface area contributed by atoms with Crippen LogP contribution >= 0.6 is 0 Å². The van der Waals surface area contributed by atoms with Crippen LogP contribution in [0.25, 0.3) is 0 Å². The average Bonchev–Trinajstić information content (AvgIpc) is 1.76. The molecular weight excluding hydrogens is 236 g/mol. The Balaban J connectivity index is 0. The minimum atomic E-state index is -1.94. The third-order valence-electron chi connectivity index (χ3n) is 2.36. The molecular formula is C12H28OSiTi. The Morgan fingerprint density at radius 2 is 0.933 bits per heavy atom. The van der Waals surface area contributed by atoms with Crippen molar-refractivity contribution in [1.29, 1.82) is 0 Å². The summed E-state index contributed by atoms with van der Waals surface area (Å²) in [6, 6.07) is 3.22. The second kappa shape index (κ2) is 8.05. The monoisotopic (exact) mass is 264 g/mol. The molecule has 1 nitrogen and oxygen atoms in total. The molecule has 0 saturated carbocycles. The van der Waals surface area contributed by atoms with Gasteiger partial charge < -0.3 is 4.80 Å². The van der Waals surface area contributed by atoms with Crippen molar-refractivity contribution < 1.29 is 26.5 Å². The summed E-state index contributed by atoms with van der Waals surface area (Å²) in [7, 11) is -1.94. The van der Waals surface area contributed by atoms with Crippen molar-refractivity contribution in [2.45, 2.75) is 59.7 Å². The first kappa shape index (κ1) is 18.3. The van der Waals surface area contributed by atoms with Crippen molar-refractivity contribution in [2.24, 2.45) is 17.8 Å². The molecule has 0 radical (unpaired) electrons. The van der Waals surface area contributed by atoms with Crippen molar-refractivity contribution in [3.8, 4) is 0 Å². The fraction of sp³-hybridized carbons (Fsp3) is 1.00. The normalized spacial score (nSPS) is 12.4. The first-order valence-electron chi connectivity index (χ1n) is 5.97. The third kappa shape index (κ3) is 9.80. The summed E-state index contributed by atoms with van der Waals surface area (Å²) < 4.78 is 0. The summed E-state index contributed by atoms with van der Waals surface area (Å²) in [6.07, 6.45) is 0. The van der Waals surface area contributed by atoms with E-state index in [0.717, 1.165) is 18.1 Å². The molecule has 0 amide bonds. The summed E-state index contributed by atoms with van der Waals surface area (Å²) in [5.74, 6) is 1.93. The van der Waals surface area contributed by atoms with E-state index in [-0.39, 0.29) is 21.7 Å². The van der Waals surface area contributed by atoms with Gasteiger partial charge in [0.25, 0.3) is 0 Å². The van der Waals surface area contributed by atoms with Gasteiger partial charge in [-0.1, -0.05) is 41.5 Å². The van der Waals surface area contributed by atoms with Gasteiger partial charge in [-0.3, -0.25) is 0 Å². The fourth-order valence-corrected chi connectivity index (χ4v) is 7.59. The minimum absolute atomic E-state index is 0. The Hall–Kier alpha value is 0.891. The Morgan fingerprint density at radius 1 is 0.733 bits per heavy atom. The molecule has 0 unspecified atom stereocenters. The van der Waals surface area contributed by atoms with Gasteiger partial charge in [-0.15, -0.1) is 0 Å². The minimum Gasteiger partial charge on any atom is -0.432 e. The molecule has 0 heterocycles. The van der Waals surface area contributed by atoms with Crippen LogP contribution in [0.2, 0.25) is 18.1 Å². The van der Waals surface area contributed by atoms with Crippen molar-refractivity contribution in [3.63, 3.8) is 0 Å². The molecule has 15 heavy (non-hydrogen) atoms. The smallest absolute Gasteiger partial charge is 0.189 e. The first-order valence-corrected chi connectivity index (χ1v) is 8.54. The van der Waals surface area contributed by atoms with E-state index in [1.807, 2.05) is 0 Å². The summed E-state index contributed by atoms with van der Waals surface area (Å²) in [6.45, 7) is 13.3. The van der Waals surface area contributed by atoms with Crippen molar-refractivity contribution in [1.82, 2.24) is 0 Å². The maximum absolute atomic E-state index is 10.7. The van der Waals surface area contributed by atoms with E-state index in [2.05, 4.69) is 41.5 Å². The number of rotatable bonds is 6. The molecule has 0 fully saturated rings. The molecule has 0 saturated heterocycles. The molecule has 0 aromatic carbocycles. The van der Waals surface area contributed by atoms with E-state index in [1.165, 1.54) is 0 Å². The standard InChI is InChI=1S/C12H28OSi.Ti/c1-10(2)7-14(13,8-11(3)4)9-12(5)6;/h10-13H,7-9H2,1-6H3;. The van der Waals surface area contributed by atoms with Crippen LogP contribution in [0.4, 0.5) is 0 Å². The summed E-state index contributed by atoms with van der Waals surface area (Å²) >= 11 is 0. The molecule has 0 atom stereocenters. The van der Waals surface area contributed by atoms with Gasteiger partial charge in [0.1, 0.15) is 0 Å². The molecule has 0 bridgehead atoms. The summed E-state index contributed by atoms with van der Waals surface area (Å²) in [4.78, 5) is 10.7. The van der Waals surface area contributed by atoms with E-state index in [9.17, 15) is 4.80 Å². The van der Waals surface area contributed by atoms with E-state index in [0.29, 0.717) is 17.8 Å². The van der Waals surface area contributed by atoms with Crippen LogP contribution in [-0.4, -0.2) is 13.1 Å². The fourth-order valence-electron chi connectivity index (χ4n) is 2.53. The average molecular weight is 264 g/mol. The van der Waals surface area contributed by atoms with Crippen molar-refractivity contribution >= 4 is 8.32 Å². The van der Waals surface area contributed by atoms with Crippen LogP contribution in [0.1, 0.15) is 41.5 Å². The summed E-state index contributed by atoms with van der Waals surface area (Å²) in [5, 5.41) is 0. The van der Waals surface area contributed by atoms with E-state index in [1.54, 1.807) is 0 Å². The molecule has 0 aromatic rings. The Labute approximate surface area is 112 Å². The van der Waals surface area contributed by atoms with Crippen LogP contribution < -0.4 is 0 Å². The predicted molar refractivity (Wildman–Crippen MR) is 66.9 cm³/mol. The number of hydrogen-bond acceptors (Lipinski definition) is 1. The largest absolute Gasteiger partial charge is 0.432 e. The first-order chi connectivity index (χ1) is 6.25. The summed E-state index contributed by atoms with van der Waals surface area (Å²) in [5.41, 5.74) is 0. The zero-order valence-corrected chi connectivity index (χ0v) is 13.9. The van der Waals surface area contributed by atoms with Crippen molar-refractivity contribution in [2.75, 3.05) is 0 Å². The molecule has 0 aliphatic heterocycles. The van der Waals surface area contributed by atoms with E-state index >= 15 is 0 Å². The predicted octanol–water partition coefficient (Wildman–Crippen LogP) is 3.89. The van der Waals surface area contributed by atoms with Gasteiger partial charge in [-0.25, -0.2) is 0 Å². The van der Waals surface area contributed by atoms with Crippen LogP contribution in [0, 0.1) is 17.8 Å². The molecule has 0 aromatic heterocycles. The van der Waals surface area contributed by atoms with E-state index in [4.69, 9.17) is 0 Å². The third-order valence-corrected chi connectivity index (χ3v) is 7.09. The topological polar surface area (TPSA) is 20.2 Å². The van der Waals surface area contributed by atoms with Gasteiger partial charge in [0.2, 0.25) is 0 Å². The second-order valence-corrected chi connectivity index (χ2v) is 9.69. The Bertz CT molecular complexity index is 131. The van der Waals surface area contributed by atoms with Crippen LogP contribution in [0.3, 0.4) is 0 Å².